The summed E-state index contributed by atoms with van der Waals surface area (Å²) in [5, 5.41) is 7.60. The maximum Gasteiger partial charge on any atom is 0.212 e. The van der Waals surface area contributed by atoms with Crippen molar-refractivity contribution in [2.75, 3.05) is 13.1 Å². The van der Waals surface area contributed by atoms with E-state index in [4.69, 9.17) is 4.74 Å². The highest BCUT2D eigenvalue weighted by Gasteiger charge is 2.11. The van der Waals surface area contributed by atoms with E-state index in [1.54, 1.807) is 4.68 Å². The molecule has 0 saturated heterocycles. The van der Waals surface area contributed by atoms with Crippen LogP contribution in [0.3, 0.4) is 0 Å². The number of likely N-dealkylation sites (N-methyl/N-ethyl adjacent to an activating group) is 1. The lowest BCUT2D eigenvalue weighted by molar-refractivity contribution is 0.172. The fourth-order valence-electron chi connectivity index (χ4n) is 1.70. The Labute approximate surface area is 98.0 Å². The van der Waals surface area contributed by atoms with E-state index < -0.39 is 0 Å². The van der Waals surface area contributed by atoms with E-state index in [-0.39, 0.29) is 6.10 Å². The summed E-state index contributed by atoms with van der Waals surface area (Å²) in [7, 11) is 1.92. The van der Waals surface area contributed by atoms with Crippen LogP contribution in [-0.2, 0) is 7.05 Å². The van der Waals surface area contributed by atoms with Crippen LogP contribution in [0.15, 0.2) is 6.07 Å². The van der Waals surface area contributed by atoms with Crippen LogP contribution in [0.1, 0.15) is 32.4 Å². The van der Waals surface area contributed by atoms with Gasteiger partial charge in [0.05, 0.1) is 5.69 Å². The average Bonchev–Trinajstić information content (AvgIpc) is 2.54. The Kier molecular flexibility index (Phi) is 5.32. The third kappa shape index (κ3) is 3.85. The zero-order valence-electron chi connectivity index (χ0n) is 10.8. The van der Waals surface area contributed by atoms with Crippen molar-refractivity contribution in [2.24, 2.45) is 7.05 Å². The molecule has 0 amide bonds. The molecule has 0 aliphatic heterocycles. The van der Waals surface area contributed by atoms with E-state index in [1.165, 1.54) is 0 Å². The zero-order valence-corrected chi connectivity index (χ0v) is 10.8. The molecule has 0 fully saturated rings. The van der Waals surface area contributed by atoms with Gasteiger partial charge in [-0.1, -0.05) is 20.3 Å². The SMILES string of the molecule is CCCC(CNCC)Oc1cc(C)nn1C. The molecule has 0 aliphatic rings. The van der Waals surface area contributed by atoms with Gasteiger partial charge in [0.15, 0.2) is 0 Å². The highest BCUT2D eigenvalue weighted by molar-refractivity contribution is 5.14. The van der Waals surface area contributed by atoms with Gasteiger partial charge in [0.2, 0.25) is 5.88 Å². The van der Waals surface area contributed by atoms with Crippen molar-refractivity contribution in [3.05, 3.63) is 11.8 Å². The molecule has 1 heterocycles. The minimum Gasteiger partial charge on any atom is -0.473 e. The molecule has 0 bridgehead atoms. The van der Waals surface area contributed by atoms with E-state index in [1.807, 2.05) is 20.0 Å². The van der Waals surface area contributed by atoms with Crippen LogP contribution in [-0.4, -0.2) is 29.0 Å². The van der Waals surface area contributed by atoms with E-state index in [2.05, 4.69) is 24.3 Å². The highest BCUT2D eigenvalue weighted by atomic mass is 16.5. The number of hydrogen-bond donors (Lipinski definition) is 1. The van der Waals surface area contributed by atoms with E-state index >= 15 is 0 Å². The Morgan fingerprint density at radius 2 is 2.25 bits per heavy atom. The lowest BCUT2D eigenvalue weighted by Crippen LogP contribution is -2.31. The highest BCUT2D eigenvalue weighted by Crippen LogP contribution is 2.14. The molecule has 16 heavy (non-hydrogen) atoms. The minimum atomic E-state index is 0.236. The van der Waals surface area contributed by atoms with Crippen molar-refractivity contribution in [1.82, 2.24) is 15.1 Å². The first-order valence-corrected chi connectivity index (χ1v) is 6.05. The smallest absolute Gasteiger partial charge is 0.212 e. The molecule has 1 N–H and O–H groups in total. The van der Waals surface area contributed by atoms with Gasteiger partial charge in [-0.15, -0.1) is 0 Å². The van der Waals surface area contributed by atoms with Gasteiger partial charge >= 0.3 is 0 Å². The van der Waals surface area contributed by atoms with Crippen molar-refractivity contribution in [2.45, 2.75) is 39.7 Å². The van der Waals surface area contributed by atoms with Crippen LogP contribution in [0, 0.1) is 6.92 Å². The summed E-state index contributed by atoms with van der Waals surface area (Å²) in [4.78, 5) is 0. The fraction of sp³-hybridized carbons (Fsp3) is 0.750. The Bertz CT molecular complexity index is 309. The molecule has 1 aromatic rings. The molecular formula is C12H23N3O. The van der Waals surface area contributed by atoms with Crippen LogP contribution in [0.5, 0.6) is 5.88 Å². The molecule has 1 unspecified atom stereocenters. The van der Waals surface area contributed by atoms with Crippen LogP contribution in [0.25, 0.3) is 0 Å². The molecular weight excluding hydrogens is 202 g/mol. The molecule has 4 nitrogen and oxygen atoms in total. The Balaban J connectivity index is 2.56. The van der Waals surface area contributed by atoms with Crippen molar-refractivity contribution < 1.29 is 4.74 Å². The van der Waals surface area contributed by atoms with Crippen LogP contribution >= 0.6 is 0 Å². The quantitative estimate of drug-likeness (QED) is 0.770. The van der Waals surface area contributed by atoms with Crippen LogP contribution in [0.4, 0.5) is 0 Å². The molecule has 0 saturated carbocycles. The van der Waals surface area contributed by atoms with Crippen molar-refractivity contribution in [3.8, 4) is 5.88 Å². The Hall–Kier alpha value is -1.03. The van der Waals surface area contributed by atoms with E-state index in [0.29, 0.717) is 0 Å². The molecule has 0 spiro atoms. The Morgan fingerprint density at radius 3 is 2.75 bits per heavy atom. The lowest BCUT2D eigenvalue weighted by atomic mass is 10.2. The summed E-state index contributed by atoms with van der Waals surface area (Å²) in [6.45, 7) is 8.14. The van der Waals surface area contributed by atoms with Gasteiger partial charge in [-0.3, -0.25) is 0 Å². The molecule has 0 aromatic carbocycles. The maximum atomic E-state index is 5.95. The summed E-state index contributed by atoms with van der Waals surface area (Å²) in [6, 6.07) is 1.98. The van der Waals surface area contributed by atoms with Gasteiger partial charge in [-0.2, -0.15) is 5.10 Å². The summed E-state index contributed by atoms with van der Waals surface area (Å²) >= 11 is 0. The number of nitrogens with one attached hydrogen (secondary N) is 1. The van der Waals surface area contributed by atoms with Crippen molar-refractivity contribution in [3.63, 3.8) is 0 Å². The predicted molar refractivity (Wildman–Crippen MR) is 65.8 cm³/mol. The van der Waals surface area contributed by atoms with Crippen molar-refractivity contribution in [1.29, 1.82) is 0 Å². The van der Waals surface area contributed by atoms with Gasteiger partial charge in [0, 0.05) is 19.7 Å². The van der Waals surface area contributed by atoms with E-state index in [9.17, 15) is 0 Å². The van der Waals surface area contributed by atoms with Crippen LogP contribution in [0.2, 0.25) is 0 Å². The average molecular weight is 225 g/mol. The molecule has 1 rings (SSSR count). The monoisotopic (exact) mass is 225 g/mol. The number of hydrogen-bond acceptors (Lipinski definition) is 3. The Morgan fingerprint density at radius 1 is 1.50 bits per heavy atom. The van der Waals surface area contributed by atoms with Gasteiger partial charge in [-0.05, 0) is 19.9 Å². The molecule has 0 aliphatic carbocycles. The number of aromatic nitrogens is 2. The predicted octanol–water partition coefficient (Wildman–Crippen LogP) is 1.89. The summed E-state index contributed by atoms with van der Waals surface area (Å²) in [5.74, 6) is 0.855. The first kappa shape index (κ1) is 13.0. The molecule has 92 valence electrons. The van der Waals surface area contributed by atoms with Crippen LogP contribution < -0.4 is 10.1 Å². The van der Waals surface area contributed by atoms with E-state index in [0.717, 1.165) is 37.5 Å². The topological polar surface area (TPSA) is 39.1 Å². The first-order chi connectivity index (χ1) is 7.67. The molecule has 4 heteroatoms. The number of nitrogens with zero attached hydrogens (tertiary/aromatic N) is 2. The largest absolute Gasteiger partial charge is 0.473 e. The lowest BCUT2D eigenvalue weighted by Gasteiger charge is -2.18. The summed E-state index contributed by atoms with van der Waals surface area (Å²) in [5.41, 5.74) is 0.996. The van der Waals surface area contributed by atoms with Gasteiger partial charge in [0.1, 0.15) is 6.10 Å². The first-order valence-electron chi connectivity index (χ1n) is 6.05. The number of rotatable bonds is 7. The summed E-state index contributed by atoms with van der Waals surface area (Å²) < 4.78 is 7.74. The van der Waals surface area contributed by atoms with Crippen molar-refractivity contribution >= 4 is 0 Å². The van der Waals surface area contributed by atoms with Gasteiger partial charge < -0.3 is 10.1 Å². The molecule has 1 aromatic heterocycles. The van der Waals surface area contributed by atoms with Gasteiger partial charge in [-0.25, -0.2) is 4.68 Å². The number of aryl methyl sites for hydroxylation is 2. The third-order valence-corrected chi connectivity index (χ3v) is 2.48. The van der Waals surface area contributed by atoms with Gasteiger partial charge in [0.25, 0.3) is 0 Å². The second-order valence-electron chi connectivity index (χ2n) is 4.08. The second-order valence-corrected chi connectivity index (χ2v) is 4.08. The summed E-state index contributed by atoms with van der Waals surface area (Å²) in [6.07, 6.45) is 2.43. The minimum absolute atomic E-state index is 0.236. The second kappa shape index (κ2) is 6.53. The fourth-order valence-corrected chi connectivity index (χ4v) is 1.70. The third-order valence-electron chi connectivity index (χ3n) is 2.48. The zero-order chi connectivity index (χ0) is 12.0. The standard InChI is InChI=1S/C12H23N3O/c1-5-7-11(9-13-6-2)16-12-8-10(3)14-15(12)4/h8,11,13H,5-7,9H2,1-4H3. The maximum absolute atomic E-state index is 5.95. The normalized spacial score (nSPS) is 12.8. The number of ether oxygens (including phenoxy) is 1. The molecule has 0 radical (unpaired) electrons. The molecule has 1 atom stereocenters.